The maximum atomic E-state index is 13.3. The third-order valence-corrected chi connectivity index (χ3v) is 23.9. The van der Waals surface area contributed by atoms with Crippen molar-refractivity contribution in [2.45, 2.75) is 50.9 Å². The minimum atomic E-state index is -5.15. The third kappa shape index (κ3) is 5.63. The maximum absolute atomic E-state index is 13.3. The van der Waals surface area contributed by atoms with Gasteiger partial charge in [0.05, 0.1) is 37.4 Å². The van der Waals surface area contributed by atoms with Crippen LogP contribution in [0.1, 0.15) is 22.3 Å². The van der Waals surface area contributed by atoms with Crippen LogP contribution >= 0.6 is 0 Å². The molecule has 0 amide bonds. The molecule has 2 rings (SSSR count). The highest BCUT2D eigenvalue weighted by atomic mass is 29.3. The molecule has 2 aromatic rings. The minimum Gasteiger partial charge on any atom is -0.166 e. The summed E-state index contributed by atoms with van der Waals surface area (Å²) in [6.45, 7) is 5.40. The fourth-order valence-corrected chi connectivity index (χ4v) is 12.1. The smallest absolute Gasteiger partial charge is 0.166 e. The summed E-state index contributed by atoms with van der Waals surface area (Å²) >= 11 is 0. The van der Waals surface area contributed by atoms with Crippen molar-refractivity contribution < 1.29 is 52.7 Å². The Hall–Kier alpha value is -1.97. The second-order valence-electron chi connectivity index (χ2n) is 8.84. The number of alkyl halides is 12. The lowest BCUT2D eigenvalue weighted by molar-refractivity contribution is -0.144. The molecule has 0 bridgehead atoms. The van der Waals surface area contributed by atoms with E-state index in [1.807, 2.05) is 0 Å². The van der Waals surface area contributed by atoms with Gasteiger partial charge in [0.2, 0.25) is 0 Å². The predicted molar refractivity (Wildman–Crippen MR) is 107 cm³/mol. The van der Waals surface area contributed by atoms with Gasteiger partial charge in [-0.15, -0.1) is 0 Å². The summed E-state index contributed by atoms with van der Waals surface area (Å²) in [5.74, 6) is 0. The molecule has 0 radical (unpaired) electrons. The highest BCUT2D eigenvalue weighted by molar-refractivity contribution is 7.50. The molecule has 0 aromatic heterocycles. The first-order chi connectivity index (χ1) is 14.9. The molecule has 0 aliphatic carbocycles. The average molecular weight is 543 g/mol. The molecule has 0 unspecified atom stereocenters. The number of benzene rings is 2. The van der Waals surface area contributed by atoms with Crippen molar-refractivity contribution in [2.24, 2.45) is 0 Å². The number of hydrogen-bond donors (Lipinski definition) is 0. The van der Waals surface area contributed by atoms with E-state index < -0.39 is 62.1 Å². The van der Waals surface area contributed by atoms with Crippen LogP contribution in [0.25, 0.3) is 0 Å². The molecular formula is C20H18F12Si2. The Morgan fingerprint density at radius 1 is 0.382 bits per heavy atom. The van der Waals surface area contributed by atoms with Gasteiger partial charge in [-0.25, -0.2) is 0 Å². The molecule has 0 heterocycles. The van der Waals surface area contributed by atoms with Crippen molar-refractivity contribution in [1.82, 2.24) is 0 Å². The Morgan fingerprint density at radius 2 is 0.559 bits per heavy atom. The number of halogens is 12. The quantitative estimate of drug-likeness (QED) is 0.281. The molecule has 34 heavy (non-hydrogen) atoms. The lowest BCUT2D eigenvalue weighted by atomic mass is 10.1. The number of hydrogen-bond acceptors (Lipinski definition) is 0. The Bertz CT molecular complexity index is 907. The van der Waals surface area contributed by atoms with Crippen LogP contribution in [0.3, 0.4) is 0 Å². The molecule has 0 saturated carbocycles. The van der Waals surface area contributed by atoms with E-state index in [-0.39, 0.29) is 22.5 Å². The van der Waals surface area contributed by atoms with Crippen LogP contribution in [0.4, 0.5) is 52.7 Å². The lowest BCUT2D eigenvalue weighted by Crippen LogP contribution is -2.69. The summed E-state index contributed by atoms with van der Waals surface area (Å²) in [5, 5.41) is -0.727. The first kappa shape index (κ1) is 28.3. The van der Waals surface area contributed by atoms with Crippen LogP contribution in [-0.2, 0) is 24.7 Å². The molecule has 14 heteroatoms. The van der Waals surface area contributed by atoms with Gasteiger partial charge in [-0.2, -0.15) is 52.7 Å². The van der Waals surface area contributed by atoms with Crippen molar-refractivity contribution >= 4 is 25.6 Å². The van der Waals surface area contributed by atoms with E-state index in [0.29, 0.717) is 24.3 Å². The van der Waals surface area contributed by atoms with Gasteiger partial charge in [0.25, 0.3) is 0 Å². The Balaban J connectivity index is 2.83. The van der Waals surface area contributed by atoms with Crippen molar-refractivity contribution in [3.8, 4) is 0 Å². The van der Waals surface area contributed by atoms with Crippen molar-refractivity contribution in [3.63, 3.8) is 0 Å². The zero-order chi connectivity index (χ0) is 26.7. The minimum absolute atomic E-state index is 0.0748. The van der Waals surface area contributed by atoms with E-state index in [1.54, 1.807) is 0 Å². The molecular weight excluding hydrogens is 524 g/mol. The monoisotopic (exact) mass is 542 g/mol. The van der Waals surface area contributed by atoms with Gasteiger partial charge in [0, 0.05) is 0 Å². The summed E-state index contributed by atoms with van der Waals surface area (Å²) in [6, 6.07) is 1.88. The maximum Gasteiger partial charge on any atom is 0.416 e. The van der Waals surface area contributed by atoms with Crippen molar-refractivity contribution in [2.75, 3.05) is 0 Å². The van der Waals surface area contributed by atoms with Crippen LogP contribution in [0.2, 0.25) is 26.2 Å². The summed E-state index contributed by atoms with van der Waals surface area (Å²) in [5.41, 5.74) is -6.38. The van der Waals surface area contributed by atoms with Gasteiger partial charge in [0.1, 0.15) is 0 Å². The summed E-state index contributed by atoms with van der Waals surface area (Å²) in [4.78, 5) is 0. The topological polar surface area (TPSA) is 0 Å². The molecule has 190 valence electrons. The molecule has 0 aliphatic heterocycles. The van der Waals surface area contributed by atoms with Crippen LogP contribution in [0.5, 0.6) is 0 Å². The molecule has 0 saturated heterocycles. The zero-order valence-electron chi connectivity index (χ0n) is 18.0. The van der Waals surface area contributed by atoms with E-state index in [2.05, 4.69) is 0 Å². The van der Waals surface area contributed by atoms with Gasteiger partial charge in [0.15, 0.2) is 0 Å². The number of rotatable bonds is 3. The van der Waals surface area contributed by atoms with Gasteiger partial charge >= 0.3 is 24.7 Å². The van der Waals surface area contributed by atoms with Gasteiger partial charge in [-0.3, -0.25) is 0 Å². The second-order valence-corrected chi connectivity index (χ2v) is 24.0. The van der Waals surface area contributed by atoms with Gasteiger partial charge in [-0.1, -0.05) is 60.8 Å². The van der Waals surface area contributed by atoms with E-state index in [4.69, 9.17) is 0 Å². The third-order valence-electron chi connectivity index (χ3n) is 6.18. The molecule has 0 fully saturated rings. The fraction of sp³-hybridized carbons (Fsp3) is 0.400. The second kappa shape index (κ2) is 8.31. The van der Waals surface area contributed by atoms with Gasteiger partial charge < -0.3 is 0 Å². The predicted octanol–water partition coefficient (Wildman–Crippen LogP) is 7.37. The molecule has 0 atom stereocenters. The average Bonchev–Trinajstić information content (AvgIpc) is 2.64. The molecule has 0 nitrogen and oxygen atoms in total. The Morgan fingerprint density at radius 3 is 0.706 bits per heavy atom. The van der Waals surface area contributed by atoms with E-state index in [0.717, 1.165) is 0 Å². The Kier molecular flexibility index (Phi) is 6.91. The normalized spacial score (nSPS) is 14.5. The first-order valence-electron chi connectivity index (χ1n) is 9.48. The summed E-state index contributed by atoms with van der Waals surface area (Å²) < 4.78 is 160. The standard InChI is InChI=1S/C20H18F12Si2/c1-33(2,15-7-11(17(21,22)23)5-12(8-15)18(24,25)26)34(3,4)16-9-13(19(27,28)29)6-14(10-16)20(30,31)32/h5-10H,1-4H3. The van der Waals surface area contributed by atoms with Gasteiger partial charge in [-0.05, 0) is 12.1 Å². The summed E-state index contributed by atoms with van der Waals surface area (Å²) in [6.07, 6.45) is -20.6. The van der Waals surface area contributed by atoms with Crippen molar-refractivity contribution in [1.29, 1.82) is 0 Å². The molecule has 0 N–H and O–H groups in total. The first-order valence-corrected chi connectivity index (χ1v) is 16.5. The lowest BCUT2D eigenvalue weighted by Gasteiger charge is -2.40. The highest BCUT2D eigenvalue weighted by Crippen LogP contribution is 2.38. The van der Waals surface area contributed by atoms with Crippen LogP contribution in [0.15, 0.2) is 36.4 Å². The molecule has 2 aromatic carbocycles. The van der Waals surface area contributed by atoms with Crippen molar-refractivity contribution in [3.05, 3.63) is 58.7 Å². The zero-order valence-corrected chi connectivity index (χ0v) is 20.0. The van der Waals surface area contributed by atoms with Crippen LogP contribution in [-0.4, -0.2) is 15.2 Å². The largest absolute Gasteiger partial charge is 0.416 e. The molecule has 0 aliphatic rings. The SMILES string of the molecule is C[Si](C)(c1cc(C(F)(F)F)cc(C(F)(F)F)c1)[Si](C)(C)c1cc(C(F)(F)F)cc(C(F)(F)F)c1. The Labute approximate surface area is 188 Å². The summed E-state index contributed by atoms with van der Waals surface area (Å²) in [7, 11) is -7.06. The van der Waals surface area contributed by atoms with Crippen LogP contribution in [0, 0.1) is 0 Å². The van der Waals surface area contributed by atoms with E-state index >= 15 is 0 Å². The molecule has 0 spiro atoms. The fourth-order valence-electron chi connectivity index (χ4n) is 3.35. The van der Waals surface area contributed by atoms with Crippen LogP contribution < -0.4 is 10.4 Å². The highest BCUT2D eigenvalue weighted by Gasteiger charge is 2.48. The van der Waals surface area contributed by atoms with E-state index in [9.17, 15) is 52.7 Å². The van der Waals surface area contributed by atoms with E-state index in [1.165, 1.54) is 26.2 Å².